The van der Waals surface area contributed by atoms with Gasteiger partial charge in [-0.15, -0.1) is 0 Å². The van der Waals surface area contributed by atoms with Crippen LogP contribution in [-0.2, 0) is 0 Å². The first-order chi connectivity index (χ1) is 9.67. The average Bonchev–Trinajstić information content (AvgIpc) is 2.97. The van der Waals surface area contributed by atoms with E-state index < -0.39 is 4.92 Å². The Hall–Kier alpha value is -1.82. The van der Waals surface area contributed by atoms with Gasteiger partial charge < -0.3 is 15.0 Å². The smallest absolute Gasteiger partial charge is 0.311 e. The predicted octanol–water partition coefficient (Wildman–Crippen LogP) is 2.18. The molecule has 0 bridgehead atoms. The van der Waals surface area contributed by atoms with Crippen molar-refractivity contribution in [2.24, 2.45) is 0 Å². The molecule has 1 aromatic carbocycles. The highest BCUT2D eigenvalue weighted by Gasteiger charge is 2.24. The monoisotopic (exact) mass is 279 g/mol. The zero-order chi connectivity index (χ0) is 14.5. The van der Waals surface area contributed by atoms with Crippen LogP contribution in [0.3, 0.4) is 0 Å². The highest BCUT2D eigenvalue weighted by molar-refractivity contribution is 5.59. The molecule has 20 heavy (non-hydrogen) atoms. The molecule has 0 radical (unpaired) electrons. The van der Waals surface area contributed by atoms with Crippen molar-refractivity contribution in [2.75, 3.05) is 31.6 Å². The molecular formula is C14H21N3O3. The van der Waals surface area contributed by atoms with Gasteiger partial charge in [0.1, 0.15) is 0 Å². The van der Waals surface area contributed by atoms with Crippen LogP contribution in [0.5, 0.6) is 5.75 Å². The van der Waals surface area contributed by atoms with Crippen LogP contribution in [0, 0.1) is 10.1 Å². The van der Waals surface area contributed by atoms with Crippen molar-refractivity contribution in [3.05, 3.63) is 28.3 Å². The standard InChI is InChI=1S/C14H21N3O3/c1-3-8-16(12-6-7-15-10-12)11-4-5-13(17(18)19)14(9-11)20-2/h4-5,9,12,15H,3,6-8,10H2,1-2H3. The van der Waals surface area contributed by atoms with Gasteiger partial charge in [-0.25, -0.2) is 0 Å². The summed E-state index contributed by atoms with van der Waals surface area (Å²) in [5, 5.41) is 14.3. The summed E-state index contributed by atoms with van der Waals surface area (Å²) in [6, 6.07) is 5.56. The Balaban J connectivity index is 2.30. The van der Waals surface area contributed by atoms with E-state index in [1.165, 1.54) is 13.2 Å². The fraction of sp³-hybridized carbons (Fsp3) is 0.571. The first-order valence-electron chi connectivity index (χ1n) is 6.97. The summed E-state index contributed by atoms with van der Waals surface area (Å²) in [5.74, 6) is 0.319. The topological polar surface area (TPSA) is 67.6 Å². The summed E-state index contributed by atoms with van der Waals surface area (Å²) in [6.45, 7) is 5.06. The number of methoxy groups -OCH3 is 1. The molecule has 1 aromatic rings. The van der Waals surface area contributed by atoms with E-state index in [4.69, 9.17) is 4.74 Å². The normalized spacial score (nSPS) is 18.0. The SMILES string of the molecule is CCCN(c1ccc([N+](=O)[O-])c(OC)c1)C1CCNC1. The Kier molecular flexibility index (Phi) is 4.79. The Morgan fingerprint density at radius 2 is 2.35 bits per heavy atom. The van der Waals surface area contributed by atoms with Crippen LogP contribution in [0.4, 0.5) is 11.4 Å². The molecule has 1 atom stereocenters. The van der Waals surface area contributed by atoms with Gasteiger partial charge in [-0.05, 0) is 25.5 Å². The summed E-state index contributed by atoms with van der Waals surface area (Å²) in [7, 11) is 1.47. The number of nitro groups is 1. The minimum Gasteiger partial charge on any atom is -0.490 e. The average molecular weight is 279 g/mol. The number of ether oxygens (including phenoxy) is 1. The molecule has 1 N–H and O–H groups in total. The van der Waals surface area contributed by atoms with Gasteiger partial charge in [0, 0.05) is 37.0 Å². The molecule has 0 aromatic heterocycles. The van der Waals surface area contributed by atoms with E-state index in [0.29, 0.717) is 11.8 Å². The van der Waals surface area contributed by atoms with Crippen LogP contribution in [0.15, 0.2) is 18.2 Å². The number of rotatable bonds is 6. The van der Waals surface area contributed by atoms with E-state index >= 15 is 0 Å². The maximum atomic E-state index is 10.9. The number of nitrogens with one attached hydrogen (secondary N) is 1. The molecule has 1 unspecified atom stereocenters. The summed E-state index contributed by atoms with van der Waals surface area (Å²) in [6.07, 6.45) is 2.13. The maximum Gasteiger partial charge on any atom is 0.311 e. The number of hydrogen-bond acceptors (Lipinski definition) is 5. The zero-order valence-electron chi connectivity index (χ0n) is 12.0. The first kappa shape index (κ1) is 14.6. The van der Waals surface area contributed by atoms with Crippen molar-refractivity contribution >= 4 is 11.4 Å². The van der Waals surface area contributed by atoms with Crippen LogP contribution in [-0.4, -0.2) is 37.7 Å². The third-order valence-electron chi connectivity index (χ3n) is 3.63. The molecule has 110 valence electrons. The fourth-order valence-electron chi connectivity index (χ4n) is 2.66. The summed E-state index contributed by atoms with van der Waals surface area (Å²) < 4.78 is 5.15. The van der Waals surface area contributed by atoms with E-state index in [9.17, 15) is 10.1 Å². The highest BCUT2D eigenvalue weighted by Crippen LogP contribution is 2.32. The molecule has 0 amide bonds. The number of nitrogens with zero attached hydrogens (tertiary/aromatic N) is 2. The number of benzene rings is 1. The molecule has 2 rings (SSSR count). The molecule has 6 nitrogen and oxygen atoms in total. The lowest BCUT2D eigenvalue weighted by Crippen LogP contribution is -2.37. The van der Waals surface area contributed by atoms with Gasteiger partial charge in [-0.2, -0.15) is 0 Å². The Labute approximate surface area is 118 Å². The molecule has 0 aliphatic carbocycles. The molecule has 1 aliphatic rings. The van der Waals surface area contributed by atoms with Crippen molar-refractivity contribution in [2.45, 2.75) is 25.8 Å². The lowest BCUT2D eigenvalue weighted by atomic mass is 10.1. The number of anilines is 1. The van der Waals surface area contributed by atoms with E-state index in [1.54, 1.807) is 6.07 Å². The van der Waals surface area contributed by atoms with E-state index in [2.05, 4.69) is 17.1 Å². The third kappa shape index (κ3) is 3.01. The van der Waals surface area contributed by atoms with Crippen LogP contribution in [0.2, 0.25) is 0 Å². The Bertz CT molecular complexity index is 473. The van der Waals surface area contributed by atoms with Gasteiger partial charge in [0.25, 0.3) is 0 Å². The summed E-state index contributed by atoms with van der Waals surface area (Å²) in [5.41, 5.74) is 1.00. The van der Waals surface area contributed by atoms with Crippen molar-refractivity contribution in [1.82, 2.24) is 5.32 Å². The van der Waals surface area contributed by atoms with Gasteiger partial charge in [-0.3, -0.25) is 10.1 Å². The zero-order valence-corrected chi connectivity index (χ0v) is 12.0. The highest BCUT2D eigenvalue weighted by atomic mass is 16.6. The molecule has 0 saturated carbocycles. The molecule has 1 aliphatic heterocycles. The predicted molar refractivity (Wildman–Crippen MR) is 78.6 cm³/mol. The van der Waals surface area contributed by atoms with E-state index in [-0.39, 0.29) is 5.69 Å². The van der Waals surface area contributed by atoms with Crippen molar-refractivity contribution < 1.29 is 9.66 Å². The third-order valence-corrected chi connectivity index (χ3v) is 3.63. The molecule has 1 fully saturated rings. The molecule has 1 heterocycles. The second-order valence-corrected chi connectivity index (χ2v) is 4.95. The summed E-state index contributed by atoms with van der Waals surface area (Å²) in [4.78, 5) is 12.8. The first-order valence-corrected chi connectivity index (χ1v) is 6.97. The van der Waals surface area contributed by atoms with Crippen molar-refractivity contribution in [3.8, 4) is 5.75 Å². The van der Waals surface area contributed by atoms with Gasteiger partial charge in [0.05, 0.1) is 12.0 Å². The van der Waals surface area contributed by atoms with Crippen LogP contribution >= 0.6 is 0 Å². The van der Waals surface area contributed by atoms with E-state index in [0.717, 1.165) is 38.2 Å². The van der Waals surface area contributed by atoms with Gasteiger partial charge >= 0.3 is 5.69 Å². The number of hydrogen-bond donors (Lipinski definition) is 1. The second kappa shape index (κ2) is 6.56. The Morgan fingerprint density at radius 1 is 1.55 bits per heavy atom. The minimum atomic E-state index is -0.413. The Morgan fingerprint density at radius 3 is 2.90 bits per heavy atom. The molecule has 1 saturated heterocycles. The van der Waals surface area contributed by atoms with Gasteiger partial charge in [-0.1, -0.05) is 6.92 Å². The van der Waals surface area contributed by atoms with Crippen molar-refractivity contribution in [1.29, 1.82) is 0 Å². The number of nitro benzene ring substituents is 1. The molecule has 0 spiro atoms. The summed E-state index contributed by atoms with van der Waals surface area (Å²) >= 11 is 0. The molecular weight excluding hydrogens is 258 g/mol. The van der Waals surface area contributed by atoms with Crippen LogP contribution < -0.4 is 15.0 Å². The van der Waals surface area contributed by atoms with Gasteiger partial charge in [0.15, 0.2) is 5.75 Å². The van der Waals surface area contributed by atoms with Crippen molar-refractivity contribution in [3.63, 3.8) is 0 Å². The second-order valence-electron chi connectivity index (χ2n) is 4.95. The van der Waals surface area contributed by atoms with E-state index in [1.807, 2.05) is 6.07 Å². The quantitative estimate of drug-likeness (QED) is 0.638. The fourth-order valence-corrected chi connectivity index (χ4v) is 2.66. The largest absolute Gasteiger partial charge is 0.490 e. The maximum absolute atomic E-state index is 10.9. The van der Waals surface area contributed by atoms with Gasteiger partial charge in [0.2, 0.25) is 0 Å². The minimum absolute atomic E-state index is 0.0113. The van der Waals surface area contributed by atoms with Crippen LogP contribution in [0.1, 0.15) is 19.8 Å². The lowest BCUT2D eigenvalue weighted by molar-refractivity contribution is -0.385. The van der Waals surface area contributed by atoms with Crippen LogP contribution in [0.25, 0.3) is 0 Å². The molecule has 6 heteroatoms. The lowest BCUT2D eigenvalue weighted by Gasteiger charge is -2.30.